The van der Waals surface area contributed by atoms with Gasteiger partial charge in [0.15, 0.2) is 0 Å². The van der Waals surface area contributed by atoms with Gasteiger partial charge < -0.3 is 10.4 Å². The Labute approximate surface area is 126 Å². The number of carboxylic acids is 1. The van der Waals surface area contributed by atoms with E-state index >= 15 is 0 Å². The summed E-state index contributed by atoms with van der Waals surface area (Å²) in [5.41, 5.74) is 2.22. The summed E-state index contributed by atoms with van der Waals surface area (Å²) in [4.78, 5) is 23.5. The lowest BCUT2D eigenvalue weighted by Crippen LogP contribution is -2.24. The van der Waals surface area contributed by atoms with Crippen molar-refractivity contribution in [1.82, 2.24) is 0 Å². The highest BCUT2D eigenvalue weighted by molar-refractivity contribution is 6.01. The third-order valence-electron chi connectivity index (χ3n) is 3.94. The van der Waals surface area contributed by atoms with Crippen molar-refractivity contribution in [2.24, 2.45) is 11.3 Å². The normalized spacial score (nSPS) is 12.9. The third-order valence-corrected chi connectivity index (χ3v) is 3.94. The number of anilines is 1. The first kappa shape index (κ1) is 17.2. The van der Waals surface area contributed by atoms with Crippen molar-refractivity contribution in [1.29, 1.82) is 0 Å². The van der Waals surface area contributed by atoms with Crippen molar-refractivity contribution >= 4 is 17.6 Å². The molecule has 1 rings (SSSR count). The molecule has 0 saturated heterocycles. The average Bonchev–Trinajstić information content (AvgIpc) is 2.30. The van der Waals surface area contributed by atoms with E-state index in [1.807, 2.05) is 26.8 Å². The molecule has 1 unspecified atom stereocenters. The molecule has 1 amide bonds. The van der Waals surface area contributed by atoms with Crippen LogP contribution in [0.25, 0.3) is 0 Å². The van der Waals surface area contributed by atoms with E-state index < -0.39 is 5.97 Å². The molecule has 4 heteroatoms. The fourth-order valence-corrected chi connectivity index (χ4v) is 2.08. The molecule has 116 valence electrons. The van der Waals surface area contributed by atoms with E-state index in [9.17, 15) is 14.7 Å². The number of aryl methyl sites for hydroxylation is 2. The Balaban J connectivity index is 2.98. The average molecular weight is 291 g/mol. The smallest absolute Gasteiger partial charge is 0.337 e. The van der Waals surface area contributed by atoms with E-state index in [1.54, 1.807) is 6.07 Å². The van der Waals surface area contributed by atoms with E-state index in [0.29, 0.717) is 12.1 Å². The molecule has 0 fully saturated rings. The summed E-state index contributed by atoms with van der Waals surface area (Å²) in [6.07, 6.45) is 0.371. The molecule has 0 aliphatic heterocycles. The van der Waals surface area contributed by atoms with Gasteiger partial charge in [0.1, 0.15) is 0 Å². The quantitative estimate of drug-likeness (QED) is 0.880. The van der Waals surface area contributed by atoms with Gasteiger partial charge in [-0.3, -0.25) is 4.79 Å². The topological polar surface area (TPSA) is 66.4 Å². The molecule has 4 nitrogen and oxygen atoms in total. The minimum atomic E-state index is -1.03. The maximum atomic E-state index is 12.2. The van der Waals surface area contributed by atoms with E-state index in [1.165, 1.54) is 0 Å². The molecule has 1 atom stereocenters. The molecular formula is C17H25NO3. The van der Waals surface area contributed by atoms with Crippen molar-refractivity contribution in [2.45, 2.75) is 48.0 Å². The molecule has 0 aliphatic carbocycles. The number of carboxylic acid groups (broad SMARTS) is 1. The zero-order chi connectivity index (χ0) is 16.4. The fourth-order valence-electron chi connectivity index (χ4n) is 2.08. The first-order valence-electron chi connectivity index (χ1n) is 7.16. The lowest BCUT2D eigenvalue weighted by molar-refractivity contribution is -0.117. The summed E-state index contributed by atoms with van der Waals surface area (Å²) in [6.45, 7) is 11.9. The number of carbonyl (C=O) groups excluding carboxylic acids is 1. The molecule has 1 aromatic carbocycles. The van der Waals surface area contributed by atoms with E-state index in [4.69, 9.17) is 0 Å². The molecule has 0 aromatic heterocycles. The van der Waals surface area contributed by atoms with Crippen molar-refractivity contribution < 1.29 is 14.7 Å². The van der Waals surface area contributed by atoms with Gasteiger partial charge in [0.25, 0.3) is 0 Å². The van der Waals surface area contributed by atoms with Crippen LogP contribution >= 0.6 is 0 Å². The van der Waals surface area contributed by atoms with Gasteiger partial charge in [-0.2, -0.15) is 0 Å². The molecule has 0 heterocycles. The summed E-state index contributed by atoms with van der Waals surface area (Å²) in [5, 5.41) is 12.1. The number of rotatable bonds is 4. The number of carbonyl (C=O) groups is 2. The Kier molecular flexibility index (Phi) is 5.15. The molecular weight excluding hydrogens is 266 g/mol. The number of hydrogen-bond donors (Lipinski definition) is 2. The summed E-state index contributed by atoms with van der Waals surface area (Å²) in [5.74, 6) is -0.968. The second-order valence-corrected chi connectivity index (χ2v) is 6.83. The second kappa shape index (κ2) is 6.29. The summed E-state index contributed by atoms with van der Waals surface area (Å²) >= 11 is 0. The van der Waals surface area contributed by atoms with Crippen LogP contribution in [0.4, 0.5) is 5.69 Å². The molecule has 0 aliphatic rings. The fraction of sp³-hybridized carbons (Fsp3) is 0.529. The molecule has 1 aromatic rings. The molecule has 2 N–H and O–H groups in total. The number of hydrogen-bond acceptors (Lipinski definition) is 2. The van der Waals surface area contributed by atoms with Crippen LogP contribution < -0.4 is 5.32 Å². The molecule has 0 saturated carbocycles. The van der Waals surface area contributed by atoms with Crippen molar-refractivity contribution in [3.8, 4) is 0 Å². The maximum absolute atomic E-state index is 12.2. The highest BCUT2D eigenvalue weighted by Crippen LogP contribution is 2.29. The monoisotopic (exact) mass is 291 g/mol. The summed E-state index contributed by atoms with van der Waals surface area (Å²) in [7, 11) is 0. The second-order valence-electron chi connectivity index (χ2n) is 6.83. The van der Waals surface area contributed by atoms with Gasteiger partial charge in [-0.15, -0.1) is 0 Å². The standard InChI is InChI=1S/C17H25NO3/c1-10-7-11(2)15(13(8-10)16(20)21)18-14(19)9-12(3)17(4,5)6/h7-8,12H,9H2,1-6H3,(H,18,19)(H,20,21). The van der Waals surface area contributed by atoms with Crippen LogP contribution in [0.3, 0.4) is 0 Å². The summed E-state index contributed by atoms with van der Waals surface area (Å²) < 4.78 is 0. The Morgan fingerprint density at radius 3 is 2.29 bits per heavy atom. The highest BCUT2D eigenvalue weighted by Gasteiger charge is 2.23. The van der Waals surface area contributed by atoms with Crippen LogP contribution in [-0.2, 0) is 4.79 Å². The first-order valence-corrected chi connectivity index (χ1v) is 7.16. The lowest BCUT2D eigenvalue weighted by Gasteiger charge is -2.26. The van der Waals surface area contributed by atoms with E-state index in [2.05, 4.69) is 26.1 Å². The third kappa shape index (κ3) is 4.59. The lowest BCUT2D eigenvalue weighted by atomic mass is 9.80. The first-order chi connectivity index (χ1) is 9.52. The van der Waals surface area contributed by atoms with E-state index in [-0.39, 0.29) is 22.8 Å². The predicted molar refractivity (Wildman–Crippen MR) is 84.7 cm³/mol. The van der Waals surface area contributed by atoms with Crippen molar-refractivity contribution in [2.75, 3.05) is 5.32 Å². The van der Waals surface area contributed by atoms with Crippen LogP contribution in [0.5, 0.6) is 0 Å². The molecule has 0 radical (unpaired) electrons. The zero-order valence-corrected chi connectivity index (χ0v) is 13.7. The van der Waals surface area contributed by atoms with Gasteiger partial charge >= 0.3 is 5.97 Å². The maximum Gasteiger partial charge on any atom is 0.337 e. The van der Waals surface area contributed by atoms with Crippen molar-refractivity contribution in [3.05, 3.63) is 28.8 Å². The molecule has 0 spiro atoms. The number of benzene rings is 1. The van der Waals surface area contributed by atoms with Crippen molar-refractivity contribution in [3.63, 3.8) is 0 Å². The van der Waals surface area contributed by atoms with Gasteiger partial charge in [-0.1, -0.05) is 33.8 Å². The Bertz CT molecular complexity index is 556. The predicted octanol–water partition coefficient (Wildman–Crippen LogP) is 4.01. The van der Waals surface area contributed by atoms with Gasteiger partial charge in [-0.25, -0.2) is 4.79 Å². The number of aromatic carboxylic acids is 1. The minimum Gasteiger partial charge on any atom is -0.478 e. The van der Waals surface area contributed by atoms with Crippen LogP contribution in [0.15, 0.2) is 12.1 Å². The highest BCUT2D eigenvalue weighted by atomic mass is 16.4. The minimum absolute atomic E-state index is 0.0370. The molecule has 0 bridgehead atoms. The van der Waals surface area contributed by atoms with Crippen LogP contribution in [0, 0.1) is 25.2 Å². The van der Waals surface area contributed by atoms with Crippen LogP contribution in [0.2, 0.25) is 0 Å². The van der Waals surface area contributed by atoms with Gasteiger partial charge in [0.05, 0.1) is 11.3 Å². The largest absolute Gasteiger partial charge is 0.478 e. The Hall–Kier alpha value is -1.84. The van der Waals surface area contributed by atoms with Crippen LogP contribution in [0.1, 0.15) is 55.6 Å². The summed E-state index contributed by atoms with van der Waals surface area (Å²) in [6, 6.07) is 3.45. The number of amides is 1. The number of nitrogens with one attached hydrogen (secondary N) is 1. The molecule has 21 heavy (non-hydrogen) atoms. The van der Waals surface area contributed by atoms with Gasteiger partial charge in [0, 0.05) is 6.42 Å². The Morgan fingerprint density at radius 1 is 1.24 bits per heavy atom. The van der Waals surface area contributed by atoms with Gasteiger partial charge in [0.2, 0.25) is 5.91 Å². The van der Waals surface area contributed by atoms with Crippen LogP contribution in [-0.4, -0.2) is 17.0 Å². The van der Waals surface area contributed by atoms with E-state index in [0.717, 1.165) is 11.1 Å². The Morgan fingerprint density at radius 2 is 1.81 bits per heavy atom. The van der Waals surface area contributed by atoms with Gasteiger partial charge in [-0.05, 0) is 42.4 Å². The SMILES string of the molecule is Cc1cc(C)c(NC(=O)CC(C)C(C)(C)C)c(C(=O)O)c1. The zero-order valence-electron chi connectivity index (χ0n) is 13.7.